The summed E-state index contributed by atoms with van der Waals surface area (Å²) >= 11 is 5.19. The topological polar surface area (TPSA) is 66.0 Å². The van der Waals surface area contributed by atoms with Crippen molar-refractivity contribution in [2.75, 3.05) is 11.5 Å². The Labute approximate surface area is 128 Å². The molecule has 0 aliphatic carbocycles. The molecule has 1 unspecified atom stereocenters. The van der Waals surface area contributed by atoms with Crippen molar-refractivity contribution in [3.8, 4) is 17.0 Å². The van der Waals surface area contributed by atoms with Crippen LogP contribution < -0.4 is 5.56 Å². The summed E-state index contributed by atoms with van der Waals surface area (Å²) < 4.78 is 0.921. The summed E-state index contributed by atoms with van der Waals surface area (Å²) in [5.41, 5.74) is 0.602. The van der Waals surface area contributed by atoms with E-state index in [0.717, 1.165) is 22.4 Å². The maximum atomic E-state index is 12.2. The molecule has 6 heteroatoms. The Balaban J connectivity index is 2.04. The molecule has 1 aliphatic heterocycles. The summed E-state index contributed by atoms with van der Waals surface area (Å²) in [6.45, 7) is 0. The van der Waals surface area contributed by atoms with Crippen LogP contribution in [0.15, 0.2) is 33.5 Å². The number of hydrogen-bond acceptors (Lipinski definition) is 4. The van der Waals surface area contributed by atoms with Crippen LogP contribution in [0.4, 0.5) is 0 Å². The van der Waals surface area contributed by atoms with Crippen LogP contribution in [0.5, 0.6) is 5.88 Å². The first-order valence-electron chi connectivity index (χ1n) is 6.32. The zero-order valence-electron chi connectivity index (χ0n) is 10.6. The number of rotatable bonds is 2. The van der Waals surface area contributed by atoms with Crippen LogP contribution in [0.1, 0.15) is 18.2 Å². The van der Waals surface area contributed by atoms with Crippen LogP contribution in [0, 0.1) is 0 Å². The zero-order valence-corrected chi connectivity index (χ0v) is 13.0. The summed E-state index contributed by atoms with van der Waals surface area (Å²) in [7, 11) is 0. The summed E-state index contributed by atoms with van der Waals surface area (Å²) in [6, 6.07) is 7.22. The number of nitrogens with one attached hydrogen (secondary N) is 1. The molecule has 1 aromatic carbocycles. The predicted octanol–water partition coefficient (Wildman–Crippen LogP) is 3.13. The molecule has 2 N–H and O–H groups in total. The van der Waals surface area contributed by atoms with E-state index >= 15 is 0 Å². The second-order valence-electron chi connectivity index (χ2n) is 4.72. The molecule has 1 fully saturated rings. The lowest BCUT2D eigenvalue weighted by Gasteiger charge is -2.10. The van der Waals surface area contributed by atoms with Crippen molar-refractivity contribution in [2.45, 2.75) is 12.3 Å². The van der Waals surface area contributed by atoms with Gasteiger partial charge in [-0.1, -0.05) is 28.1 Å². The van der Waals surface area contributed by atoms with Crippen molar-refractivity contribution in [1.29, 1.82) is 0 Å². The van der Waals surface area contributed by atoms with Crippen LogP contribution in [-0.4, -0.2) is 26.6 Å². The Morgan fingerprint density at radius 3 is 2.70 bits per heavy atom. The molecule has 3 rings (SSSR count). The van der Waals surface area contributed by atoms with E-state index in [4.69, 9.17) is 0 Å². The van der Waals surface area contributed by atoms with Crippen LogP contribution in [0.2, 0.25) is 0 Å². The third-order valence-electron chi connectivity index (χ3n) is 3.37. The maximum Gasteiger partial charge on any atom is 0.262 e. The van der Waals surface area contributed by atoms with Crippen LogP contribution >= 0.6 is 27.7 Å². The minimum absolute atomic E-state index is 0.192. The minimum atomic E-state index is -0.285. The van der Waals surface area contributed by atoms with Gasteiger partial charge < -0.3 is 10.1 Å². The Bertz CT molecular complexity index is 679. The molecular formula is C14H13BrN2O2S. The quantitative estimate of drug-likeness (QED) is 0.871. The van der Waals surface area contributed by atoms with Gasteiger partial charge in [0.2, 0.25) is 5.88 Å². The van der Waals surface area contributed by atoms with Crippen molar-refractivity contribution in [1.82, 2.24) is 9.97 Å². The van der Waals surface area contributed by atoms with E-state index in [1.54, 1.807) is 12.1 Å². The van der Waals surface area contributed by atoms with Gasteiger partial charge in [0.05, 0.1) is 0 Å². The zero-order chi connectivity index (χ0) is 14.1. The lowest BCUT2D eigenvalue weighted by atomic mass is 10.1. The highest BCUT2D eigenvalue weighted by Crippen LogP contribution is 2.32. The molecule has 4 nitrogen and oxygen atoms in total. The van der Waals surface area contributed by atoms with Crippen molar-refractivity contribution >= 4 is 27.7 Å². The Morgan fingerprint density at radius 2 is 2.10 bits per heavy atom. The SMILES string of the molecule is O=c1[nH]c(C2CCSC2)nc(O)c1-c1ccc(Br)cc1. The Morgan fingerprint density at radius 1 is 1.35 bits per heavy atom. The monoisotopic (exact) mass is 352 g/mol. The van der Waals surface area contributed by atoms with E-state index in [-0.39, 0.29) is 22.9 Å². The molecule has 0 bridgehead atoms. The molecule has 1 aromatic heterocycles. The molecule has 2 aromatic rings. The van der Waals surface area contributed by atoms with Crippen LogP contribution in [0.3, 0.4) is 0 Å². The van der Waals surface area contributed by atoms with E-state index in [9.17, 15) is 9.90 Å². The van der Waals surface area contributed by atoms with Gasteiger partial charge in [-0.25, -0.2) is 0 Å². The fourth-order valence-corrected chi connectivity index (χ4v) is 3.79. The Hall–Kier alpha value is -1.27. The van der Waals surface area contributed by atoms with Gasteiger partial charge in [-0.05, 0) is 29.9 Å². The molecule has 1 atom stereocenters. The van der Waals surface area contributed by atoms with E-state index in [1.165, 1.54) is 0 Å². The van der Waals surface area contributed by atoms with Gasteiger partial charge in [-0.2, -0.15) is 16.7 Å². The van der Waals surface area contributed by atoms with E-state index in [1.807, 2.05) is 23.9 Å². The molecule has 0 radical (unpaired) electrons. The standard InChI is InChI=1S/C14H13BrN2O2S/c15-10-3-1-8(2-4-10)11-13(18)16-12(17-14(11)19)9-5-6-20-7-9/h1-4,9H,5-7H2,(H2,16,17,18,19). The second kappa shape index (κ2) is 5.61. The minimum Gasteiger partial charge on any atom is -0.493 e. The number of thioether (sulfide) groups is 1. The summed E-state index contributed by atoms with van der Waals surface area (Å²) in [5, 5.41) is 10.1. The third kappa shape index (κ3) is 2.62. The summed E-state index contributed by atoms with van der Waals surface area (Å²) in [6.07, 6.45) is 0.991. The fourth-order valence-electron chi connectivity index (χ4n) is 2.30. The lowest BCUT2D eigenvalue weighted by molar-refractivity contribution is 0.447. The first kappa shape index (κ1) is 13.7. The molecular weight excluding hydrogens is 340 g/mol. The number of aromatic nitrogens is 2. The molecule has 2 heterocycles. The largest absolute Gasteiger partial charge is 0.493 e. The van der Waals surface area contributed by atoms with Gasteiger partial charge in [-0.15, -0.1) is 0 Å². The maximum absolute atomic E-state index is 12.2. The molecule has 0 spiro atoms. The molecule has 1 saturated heterocycles. The van der Waals surface area contributed by atoms with Crippen molar-refractivity contribution in [3.05, 3.63) is 44.9 Å². The van der Waals surface area contributed by atoms with E-state index in [0.29, 0.717) is 11.4 Å². The highest BCUT2D eigenvalue weighted by atomic mass is 79.9. The summed E-state index contributed by atoms with van der Waals surface area (Å²) in [5.74, 6) is 2.66. The first-order valence-corrected chi connectivity index (χ1v) is 8.27. The third-order valence-corrected chi connectivity index (χ3v) is 5.06. The lowest BCUT2D eigenvalue weighted by Crippen LogP contribution is -2.16. The number of hydrogen-bond donors (Lipinski definition) is 2. The van der Waals surface area contributed by atoms with E-state index in [2.05, 4.69) is 25.9 Å². The predicted molar refractivity (Wildman–Crippen MR) is 84.3 cm³/mol. The molecule has 104 valence electrons. The van der Waals surface area contributed by atoms with Gasteiger partial charge in [0.1, 0.15) is 11.4 Å². The van der Waals surface area contributed by atoms with Gasteiger partial charge in [0.15, 0.2) is 0 Å². The highest BCUT2D eigenvalue weighted by Gasteiger charge is 2.22. The molecule has 20 heavy (non-hydrogen) atoms. The van der Waals surface area contributed by atoms with Gasteiger partial charge in [0.25, 0.3) is 5.56 Å². The smallest absolute Gasteiger partial charge is 0.262 e. The first-order chi connectivity index (χ1) is 9.65. The second-order valence-corrected chi connectivity index (χ2v) is 6.78. The van der Waals surface area contributed by atoms with E-state index < -0.39 is 0 Å². The number of halogens is 1. The van der Waals surface area contributed by atoms with Crippen molar-refractivity contribution in [2.24, 2.45) is 0 Å². The molecule has 0 saturated carbocycles. The summed E-state index contributed by atoms with van der Waals surface area (Å²) in [4.78, 5) is 19.2. The number of aromatic amines is 1. The van der Waals surface area contributed by atoms with Gasteiger partial charge in [0, 0.05) is 16.1 Å². The average molecular weight is 353 g/mol. The van der Waals surface area contributed by atoms with Gasteiger partial charge in [-0.3, -0.25) is 4.79 Å². The average Bonchev–Trinajstić information content (AvgIpc) is 2.94. The van der Waals surface area contributed by atoms with Crippen LogP contribution in [0.25, 0.3) is 11.1 Å². The fraction of sp³-hybridized carbons (Fsp3) is 0.286. The number of aromatic hydroxyl groups is 1. The highest BCUT2D eigenvalue weighted by molar-refractivity contribution is 9.10. The number of nitrogens with zero attached hydrogens (tertiary/aromatic N) is 1. The number of benzene rings is 1. The Kier molecular flexibility index (Phi) is 3.85. The number of H-pyrrole nitrogens is 1. The molecule has 1 aliphatic rings. The molecule has 0 amide bonds. The van der Waals surface area contributed by atoms with Crippen molar-refractivity contribution in [3.63, 3.8) is 0 Å². The van der Waals surface area contributed by atoms with Crippen LogP contribution in [-0.2, 0) is 0 Å². The normalized spacial score (nSPS) is 18.4. The van der Waals surface area contributed by atoms with Gasteiger partial charge >= 0.3 is 0 Å². The van der Waals surface area contributed by atoms with Crippen molar-refractivity contribution < 1.29 is 5.11 Å².